The van der Waals surface area contributed by atoms with E-state index in [4.69, 9.17) is 16.3 Å². The third kappa shape index (κ3) is 4.05. The molecule has 1 fully saturated rings. The fourth-order valence-corrected chi connectivity index (χ4v) is 4.60. The summed E-state index contributed by atoms with van der Waals surface area (Å²) in [5.74, 6) is 6.04. The zero-order chi connectivity index (χ0) is 23.2. The summed E-state index contributed by atoms with van der Waals surface area (Å²) in [5.41, 5.74) is 9.58. The Morgan fingerprint density at radius 1 is 1.28 bits per heavy atom. The first-order valence-electron chi connectivity index (χ1n) is 10.9. The molecular formula is C24H32FN5O2. The summed E-state index contributed by atoms with van der Waals surface area (Å²) in [5, 5.41) is 12.5. The van der Waals surface area contributed by atoms with E-state index in [9.17, 15) is 5.11 Å². The van der Waals surface area contributed by atoms with Crippen LogP contribution in [0.25, 0.3) is 27.6 Å². The summed E-state index contributed by atoms with van der Waals surface area (Å²) in [6, 6.07) is 5.25. The minimum absolute atomic E-state index is 0.391. The number of fused-ring (bicyclic) bond motifs is 3. The first-order valence-corrected chi connectivity index (χ1v) is 10.9. The Hall–Kier alpha value is -2.68. The number of hydrazine groups is 1. The molecule has 7 nitrogen and oxygen atoms in total. The molecule has 0 bridgehead atoms. The van der Waals surface area contributed by atoms with Crippen molar-refractivity contribution in [3.05, 3.63) is 47.0 Å². The second kappa shape index (κ2) is 8.35. The molecule has 3 heterocycles. The topological polar surface area (TPSA) is 103 Å². The van der Waals surface area contributed by atoms with Crippen molar-refractivity contribution in [2.45, 2.75) is 45.8 Å². The Morgan fingerprint density at radius 3 is 2.56 bits per heavy atom. The zero-order valence-electron chi connectivity index (χ0n) is 19.2. The van der Waals surface area contributed by atoms with E-state index in [-0.39, 0.29) is 0 Å². The Balaban J connectivity index is 2.00. The van der Waals surface area contributed by atoms with E-state index in [0.29, 0.717) is 40.3 Å². The van der Waals surface area contributed by atoms with Gasteiger partial charge in [-0.05, 0) is 63.3 Å². The lowest BCUT2D eigenvalue weighted by Gasteiger charge is -2.24. The fraction of sp³-hybridized carbons (Fsp3) is 0.458. The van der Waals surface area contributed by atoms with Gasteiger partial charge in [0, 0.05) is 44.3 Å². The summed E-state index contributed by atoms with van der Waals surface area (Å²) in [6.07, 6.45) is 3.57. The van der Waals surface area contributed by atoms with E-state index in [1.807, 2.05) is 12.1 Å². The average Bonchev–Trinajstić information content (AvgIpc) is 3.01. The lowest BCUT2D eigenvalue weighted by Crippen LogP contribution is -2.26. The lowest BCUT2D eigenvalue weighted by molar-refractivity contribution is 0.0619. The Bertz CT molecular complexity index is 1180. The van der Waals surface area contributed by atoms with E-state index in [1.165, 1.54) is 11.1 Å². The highest BCUT2D eigenvalue weighted by Crippen LogP contribution is 2.36. The number of halogens is 1. The highest BCUT2D eigenvalue weighted by Gasteiger charge is 2.25. The molecule has 32 heavy (non-hydrogen) atoms. The molecule has 3 aromatic rings. The molecule has 1 aromatic carbocycles. The highest BCUT2D eigenvalue weighted by molar-refractivity contribution is 6.06. The molecule has 8 heteroatoms. The molecular weight excluding hydrogens is 409 g/mol. The maximum Gasteiger partial charge on any atom is 0.135 e. The summed E-state index contributed by atoms with van der Waals surface area (Å²) in [4.78, 5) is 4.64. The quantitative estimate of drug-likeness (QED) is 0.414. The van der Waals surface area contributed by atoms with Crippen molar-refractivity contribution in [3.63, 3.8) is 0 Å². The van der Waals surface area contributed by atoms with Crippen LogP contribution in [0, 0.1) is 11.7 Å². The van der Waals surface area contributed by atoms with Gasteiger partial charge in [-0.15, -0.1) is 0 Å². The number of aliphatic hydroxyl groups is 1. The number of pyridine rings is 1. The van der Waals surface area contributed by atoms with Crippen molar-refractivity contribution >= 4 is 27.6 Å². The lowest BCUT2D eigenvalue weighted by atomic mass is 9.96. The predicted octanol–water partition coefficient (Wildman–Crippen LogP) is 3.44. The van der Waals surface area contributed by atoms with Crippen molar-refractivity contribution in [3.8, 4) is 0 Å². The monoisotopic (exact) mass is 441 g/mol. The minimum atomic E-state index is -1.16. The molecule has 172 valence electrons. The van der Waals surface area contributed by atoms with Crippen molar-refractivity contribution in [2.24, 2.45) is 17.5 Å². The second-order valence-corrected chi connectivity index (χ2v) is 9.31. The average molecular weight is 442 g/mol. The van der Waals surface area contributed by atoms with Crippen molar-refractivity contribution in [2.75, 3.05) is 20.3 Å². The molecule has 5 N–H and O–H groups in total. The number of rotatable bonds is 5. The van der Waals surface area contributed by atoms with Gasteiger partial charge in [0.15, 0.2) is 0 Å². The first kappa shape index (κ1) is 22.5. The van der Waals surface area contributed by atoms with Crippen LogP contribution < -0.4 is 11.6 Å². The second-order valence-electron chi connectivity index (χ2n) is 9.31. The number of hydrogen-bond acceptors (Lipinski definition) is 6. The molecule has 0 amide bonds. The van der Waals surface area contributed by atoms with E-state index < -0.39 is 11.4 Å². The molecule has 0 aliphatic carbocycles. The Labute approximate surface area is 187 Å². The normalized spacial score (nSPS) is 16.6. The molecule has 0 unspecified atom stereocenters. The summed E-state index contributed by atoms with van der Waals surface area (Å²) < 4.78 is 23.0. The van der Waals surface area contributed by atoms with Crippen LogP contribution >= 0.6 is 0 Å². The van der Waals surface area contributed by atoms with Gasteiger partial charge < -0.3 is 25.2 Å². The van der Waals surface area contributed by atoms with Gasteiger partial charge in [-0.25, -0.2) is 10.2 Å². The van der Waals surface area contributed by atoms with Crippen molar-refractivity contribution in [1.82, 2.24) is 14.6 Å². The summed E-state index contributed by atoms with van der Waals surface area (Å²) in [6.45, 7) is 7.27. The standard InChI is InChI=1S/C24H32FN5O2/c1-14(26)23(29(4)27)16-9-20-22(28-12-16)21-18(25)10-17(24(2,3)31)11-19(21)30(20)13-15-5-7-32-8-6-15/h9-12,15,31H,5-8,13,26-27H2,1-4H3/b23-14-. The highest BCUT2D eigenvalue weighted by atomic mass is 19.1. The molecule has 0 atom stereocenters. The Kier molecular flexibility index (Phi) is 5.87. The SMILES string of the molecule is C/C(N)=C(\c1cnc2c3c(F)cc(C(C)(C)O)cc3n(CC3CCOCC3)c2c1)N(C)N. The number of benzene rings is 1. The summed E-state index contributed by atoms with van der Waals surface area (Å²) in [7, 11) is 1.72. The van der Waals surface area contributed by atoms with Crippen LogP contribution in [0.3, 0.4) is 0 Å². The van der Waals surface area contributed by atoms with Gasteiger partial charge >= 0.3 is 0 Å². The van der Waals surface area contributed by atoms with Gasteiger partial charge in [0.2, 0.25) is 0 Å². The Morgan fingerprint density at radius 2 is 1.97 bits per heavy atom. The third-order valence-electron chi connectivity index (χ3n) is 6.24. The maximum atomic E-state index is 15.4. The van der Waals surface area contributed by atoms with E-state index in [0.717, 1.165) is 42.7 Å². The number of hydrogen-bond donors (Lipinski definition) is 3. The number of aromatic nitrogens is 2. The van der Waals surface area contributed by atoms with Gasteiger partial charge in [0.25, 0.3) is 0 Å². The minimum Gasteiger partial charge on any atom is -0.401 e. The van der Waals surface area contributed by atoms with Gasteiger partial charge in [-0.1, -0.05) is 0 Å². The van der Waals surface area contributed by atoms with E-state index >= 15 is 4.39 Å². The molecule has 0 saturated carbocycles. The maximum absolute atomic E-state index is 15.4. The smallest absolute Gasteiger partial charge is 0.135 e. The molecule has 4 rings (SSSR count). The van der Waals surface area contributed by atoms with Gasteiger partial charge in [0.1, 0.15) is 5.82 Å². The zero-order valence-corrected chi connectivity index (χ0v) is 19.2. The van der Waals surface area contributed by atoms with Gasteiger partial charge in [-0.2, -0.15) is 0 Å². The van der Waals surface area contributed by atoms with E-state index in [2.05, 4.69) is 9.55 Å². The van der Waals surface area contributed by atoms with Crippen LogP contribution in [0.15, 0.2) is 30.1 Å². The predicted molar refractivity (Wildman–Crippen MR) is 125 cm³/mol. The van der Waals surface area contributed by atoms with Crippen LogP contribution in [0.4, 0.5) is 4.39 Å². The molecule has 0 radical (unpaired) electrons. The van der Waals surface area contributed by atoms with E-state index in [1.54, 1.807) is 34.0 Å². The largest absolute Gasteiger partial charge is 0.401 e. The van der Waals surface area contributed by atoms with Crippen LogP contribution in [-0.2, 0) is 16.9 Å². The van der Waals surface area contributed by atoms with Crippen LogP contribution in [0.2, 0.25) is 0 Å². The number of nitrogens with two attached hydrogens (primary N) is 2. The molecule has 1 aliphatic heterocycles. The number of ether oxygens (including phenoxy) is 1. The molecule has 1 aliphatic rings. The number of nitrogens with zero attached hydrogens (tertiary/aromatic N) is 3. The fourth-order valence-electron chi connectivity index (χ4n) is 4.60. The molecule has 2 aromatic heterocycles. The van der Waals surface area contributed by atoms with Crippen molar-refractivity contribution < 1.29 is 14.2 Å². The van der Waals surface area contributed by atoms with Crippen LogP contribution in [-0.4, -0.2) is 39.9 Å². The molecule has 1 saturated heterocycles. The van der Waals surface area contributed by atoms with Gasteiger partial charge in [0.05, 0.1) is 33.2 Å². The van der Waals surface area contributed by atoms with Crippen LogP contribution in [0.1, 0.15) is 44.7 Å². The molecule has 0 spiro atoms. The third-order valence-corrected chi connectivity index (χ3v) is 6.24. The van der Waals surface area contributed by atoms with Gasteiger partial charge in [-0.3, -0.25) is 4.98 Å². The number of allylic oxidation sites excluding steroid dienone is 1. The first-order chi connectivity index (χ1) is 15.1. The van der Waals surface area contributed by atoms with Crippen molar-refractivity contribution in [1.29, 1.82) is 0 Å². The van der Waals surface area contributed by atoms with Crippen LogP contribution in [0.5, 0.6) is 0 Å². The summed E-state index contributed by atoms with van der Waals surface area (Å²) >= 11 is 0.